The highest BCUT2D eigenvalue weighted by Gasteiger charge is 2.17. The standard InChI is InChI=1S/C7H8FN3O2S2/c8-5-3-1-2-4-6(5)15(12,13)11-10-7(9)14/h1-4,11H,(H3,9,10,14). The van der Waals surface area contributed by atoms with E-state index in [1.165, 1.54) is 12.1 Å². The van der Waals surface area contributed by atoms with Gasteiger partial charge in [0.1, 0.15) is 10.7 Å². The summed E-state index contributed by atoms with van der Waals surface area (Å²) in [5.41, 5.74) is 7.03. The molecule has 0 saturated heterocycles. The molecule has 8 heteroatoms. The van der Waals surface area contributed by atoms with E-state index in [0.29, 0.717) is 0 Å². The van der Waals surface area contributed by atoms with Crippen LogP contribution in [0.4, 0.5) is 4.39 Å². The molecule has 0 fully saturated rings. The molecule has 0 spiro atoms. The number of nitrogens with one attached hydrogen (secondary N) is 2. The normalized spacial score (nSPS) is 11.0. The maximum atomic E-state index is 13.1. The lowest BCUT2D eigenvalue weighted by Crippen LogP contribution is -2.44. The first kappa shape index (κ1) is 11.8. The zero-order chi connectivity index (χ0) is 11.5. The molecule has 0 aliphatic heterocycles. The minimum Gasteiger partial charge on any atom is -0.375 e. The van der Waals surface area contributed by atoms with E-state index in [-0.39, 0.29) is 5.11 Å². The fourth-order valence-electron chi connectivity index (χ4n) is 0.835. The van der Waals surface area contributed by atoms with E-state index < -0.39 is 20.7 Å². The number of hydrogen-bond acceptors (Lipinski definition) is 3. The molecule has 0 saturated carbocycles. The molecule has 0 aliphatic carbocycles. The second kappa shape index (κ2) is 4.51. The van der Waals surface area contributed by atoms with Crippen molar-refractivity contribution in [3.8, 4) is 0 Å². The van der Waals surface area contributed by atoms with Gasteiger partial charge in [0, 0.05) is 0 Å². The topological polar surface area (TPSA) is 84.2 Å². The first-order chi connectivity index (χ1) is 6.93. The van der Waals surface area contributed by atoms with Gasteiger partial charge in [0.05, 0.1) is 0 Å². The Kier molecular flexibility index (Phi) is 3.56. The van der Waals surface area contributed by atoms with Gasteiger partial charge in [-0.2, -0.15) is 0 Å². The molecule has 0 amide bonds. The summed E-state index contributed by atoms with van der Waals surface area (Å²) in [7, 11) is -3.99. The van der Waals surface area contributed by atoms with Crippen molar-refractivity contribution in [2.75, 3.05) is 0 Å². The van der Waals surface area contributed by atoms with Crippen molar-refractivity contribution in [2.24, 2.45) is 5.73 Å². The zero-order valence-corrected chi connectivity index (χ0v) is 9.03. The summed E-state index contributed by atoms with van der Waals surface area (Å²) in [5, 5.41) is -0.255. The first-order valence-electron chi connectivity index (χ1n) is 3.75. The van der Waals surface area contributed by atoms with Crippen LogP contribution in [-0.4, -0.2) is 13.5 Å². The van der Waals surface area contributed by atoms with Gasteiger partial charge in [-0.25, -0.2) is 12.8 Å². The first-order valence-corrected chi connectivity index (χ1v) is 5.64. The van der Waals surface area contributed by atoms with Gasteiger partial charge in [-0.3, -0.25) is 5.43 Å². The number of hydrazine groups is 1. The lowest BCUT2D eigenvalue weighted by molar-refractivity contribution is 0.554. The summed E-state index contributed by atoms with van der Waals surface area (Å²) >= 11 is 4.39. The second-order valence-electron chi connectivity index (χ2n) is 2.53. The van der Waals surface area contributed by atoms with E-state index in [4.69, 9.17) is 5.73 Å². The molecule has 0 unspecified atom stereocenters. The highest BCUT2D eigenvalue weighted by atomic mass is 32.2. The number of benzene rings is 1. The maximum absolute atomic E-state index is 13.1. The van der Waals surface area contributed by atoms with Crippen LogP contribution in [0.3, 0.4) is 0 Å². The molecule has 15 heavy (non-hydrogen) atoms. The molecular formula is C7H8FN3O2S2. The number of halogens is 1. The molecule has 4 N–H and O–H groups in total. The minimum atomic E-state index is -3.99. The Balaban J connectivity index is 2.97. The summed E-state index contributed by atoms with van der Waals surface area (Å²) in [5.74, 6) is -0.852. The molecule has 0 bridgehead atoms. The van der Waals surface area contributed by atoms with Crippen molar-refractivity contribution in [1.82, 2.24) is 10.3 Å². The number of rotatable bonds is 3. The van der Waals surface area contributed by atoms with Gasteiger partial charge in [-0.05, 0) is 24.4 Å². The van der Waals surface area contributed by atoms with Crippen LogP contribution in [-0.2, 0) is 10.0 Å². The smallest absolute Gasteiger partial charge is 0.260 e. The molecule has 5 nitrogen and oxygen atoms in total. The highest BCUT2D eigenvalue weighted by molar-refractivity contribution is 7.89. The van der Waals surface area contributed by atoms with Gasteiger partial charge in [0.15, 0.2) is 5.11 Å². The molecule has 1 aromatic carbocycles. The molecule has 0 radical (unpaired) electrons. The number of sulfonamides is 1. The minimum absolute atomic E-state index is 0.255. The average molecular weight is 249 g/mol. The van der Waals surface area contributed by atoms with Crippen molar-refractivity contribution in [2.45, 2.75) is 4.90 Å². The number of nitrogens with two attached hydrogens (primary N) is 1. The fourth-order valence-corrected chi connectivity index (χ4v) is 1.89. The van der Waals surface area contributed by atoms with E-state index in [2.05, 4.69) is 12.2 Å². The molecule has 0 aromatic heterocycles. The highest BCUT2D eigenvalue weighted by Crippen LogP contribution is 2.11. The third-order valence-corrected chi connectivity index (χ3v) is 2.82. The van der Waals surface area contributed by atoms with Crippen molar-refractivity contribution >= 4 is 27.4 Å². The van der Waals surface area contributed by atoms with Gasteiger partial charge in [-0.15, -0.1) is 4.83 Å². The third-order valence-electron chi connectivity index (χ3n) is 1.43. The Bertz CT molecular complexity index is 475. The lowest BCUT2D eigenvalue weighted by Gasteiger charge is -2.07. The van der Waals surface area contributed by atoms with Gasteiger partial charge < -0.3 is 5.73 Å². The summed E-state index contributed by atoms with van der Waals surface area (Å²) in [6.45, 7) is 0. The maximum Gasteiger partial charge on any atom is 0.260 e. The van der Waals surface area contributed by atoms with E-state index in [9.17, 15) is 12.8 Å². The summed E-state index contributed by atoms with van der Waals surface area (Å²) in [6, 6.07) is 4.95. The summed E-state index contributed by atoms with van der Waals surface area (Å²) in [6.07, 6.45) is 0. The molecule has 0 aliphatic rings. The van der Waals surface area contributed by atoms with E-state index in [0.717, 1.165) is 12.1 Å². The van der Waals surface area contributed by atoms with Crippen LogP contribution < -0.4 is 16.0 Å². The van der Waals surface area contributed by atoms with Gasteiger partial charge in [0.25, 0.3) is 10.0 Å². The van der Waals surface area contributed by atoms with Crippen molar-refractivity contribution < 1.29 is 12.8 Å². The van der Waals surface area contributed by atoms with Crippen LogP contribution in [0.25, 0.3) is 0 Å². The Labute approximate surface area is 91.5 Å². The van der Waals surface area contributed by atoms with E-state index in [1.807, 2.05) is 10.3 Å². The largest absolute Gasteiger partial charge is 0.375 e. The van der Waals surface area contributed by atoms with Crippen LogP contribution in [0.15, 0.2) is 29.2 Å². The molecule has 0 heterocycles. The van der Waals surface area contributed by atoms with Crippen LogP contribution in [0.1, 0.15) is 0 Å². The zero-order valence-electron chi connectivity index (χ0n) is 7.40. The van der Waals surface area contributed by atoms with Crippen molar-refractivity contribution in [3.63, 3.8) is 0 Å². The monoisotopic (exact) mass is 249 g/mol. The van der Waals surface area contributed by atoms with E-state index in [1.54, 1.807) is 0 Å². The van der Waals surface area contributed by atoms with Gasteiger partial charge in [-0.1, -0.05) is 12.1 Å². The Morgan fingerprint density at radius 2 is 2.00 bits per heavy atom. The predicted octanol–water partition coefficient (Wildman–Crippen LogP) is -0.148. The third kappa shape index (κ3) is 3.11. The van der Waals surface area contributed by atoms with Gasteiger partial charge >= 0.3 is 0 Å². The molecule has 82 valence electrons. The molecular weight excluding hydrogens is 241 g/mol. The second-order valence-corrected chi connectivity index (χ2v) is 4.62. The van der Waals surface area contributed by atoms with Crippen LogP contribution >= 0.6 is 12.2 Å². The molecule has 1 rings (SSSR count). The van der Waals surface area contributed by atoms with Crippen LogP contribution in [0, 0.1) is 5.82 Å². The van der Waals surface area contributed by atoms with Crippen LogP contribution in [0.5, 0.6) is 0 Å². The summed E-state index contributed by atoms with van der Waals surface area (Å²) < 4.78 is 36.0. The SMILES string of the molecule is NC(=S)NNS(=O)(=O)c1ccccc1F. The average Bonchev–Trinajstić information content (AvgIpc) is 2.15. The van der Waals surface area contributed by atoms with E-state index >= 15 is 0 Å². The summed E-state index contributed by atoms with van der Waals surface area (Å²) in [4.78, 5) is 1.35. The Morgan fingerprint density at radius 3 is 2.53 bits per heavy atom. The number of hydrogen-bond donors (Lipinski definition) is 3. The molecule has 0 atom stereocenters. The predicted molar refractivity (Wildman–Crippen MR) is 56.6 cm³/mol. The van der Waals surface area contributed by atoms with Crippen LogP contribution in [0.2, 0.25) is 0 Å². The van der Waals surface area contributed by atoms with Crippen molar-refractivity contribution in [1.29, 1.82) is 0 Å². The van der Waals surface area contributed by atoms with Crippen molar-refractivity contribution in [3.05, 3.63) is 30.1 Å². The Hall–Kier alpha value is -1.25. The Morgan fingerprint density at radius 1 is 1.40 bits per heavy atom. The quantitative estimate of drug-likeness (QED) is 0.512. The fraction of sp³-hybridized carbons (Fsp3) is 0. The number of thiocarbonyl (C=S) groups is 1. The van der Waals surface area contributed by atoms with Gasteiger partial charge in [0.2, 0.25) is 0 Å². The molecule has 1 aromatic rings. The lowest BCUT2D eigenvalue weighted by atomic mass is 10.4.